The van der Waals surface area contributed by atoms with Crippen LogP contribution in [0, 0.1) is 65.1 Å². The molecule has 0 unspecified atom stereocenters. The summed E-state index contributed by atoms with van der Waals surface area (Å²) in [6.45, 7) is 1.55. The molecular formula is C71H109N13O13. The van der Waals surface area contributed by atoms with Crippen LogP contribution in [0.5, 0.6) is 0 Å². The molecule has 11 rings (SSSR count). The van der Waals surface area contributed by atoms with Crippen LogP contribution in [0.3, 0.4) is 0 Å². The summed E-state index contributed by atoms with van der Waals surface area (Å²) in [4.78, 5) is 176. The van der Waals surface area contributed by atoms with Crippen molar-refractivity contribution in [2.75, 3.05) is 6.54 Å². The monoisotopic (exact) mass is 1350 g/mol. The molecule has 22 atom stereocenters. The van der Waals surface area contributed by atoms with Gasteiger partial charge in [-0.25, -0.2) is 0 Å². The van der Waals surface area contributed by atoms with Crippen molar-refractivity contribution in [1.82, 2.24) is 63.8 Å². The lowest BCUT2D eigenvalue weighted by Gasteiger charge is -2.29. The first kappa shape index (κ1) is 71.4. The van der Waals surface area contributed by atoms with E-state index in [1.807, 2.05) is 0 Å². The van der Waals surface area contributed by atoms with Gasteiger partial charge in [0.15, 0.2) is 0 Å². The Morgan fingerprint density at radius 2 is 0.412 bits per heavy atom. The molecule has 536 valence electrons. The van der Waals surface area contributed by atoms with Crippen LogP contribution in [0.2, 0.25) is 0 Å². The summed E-state index contributed by atoms with van der Waals surface area (Å²) in [6.07, 6.45) is 22.2. The van der Waals surface area contributed by atoms with Crippen LogP contribution in [0.4, 0.5) is 0 Å². The van der Waals surface area contributed by atoms with Gasteiger partial charge in [-0.05, 0) is 141 Å². The molecule has 97 heavy (non-hydrogen) atoms. The minimum absolute atomic E-state index is 0.0207. The Kier molecular flexibility index (Phi) is 24.2. The van der Waals surface area contributed by atoms with Crippen molar-refractivity contribution in [3.05, 3.63) is 0 Å². The van der Waals surface area contributed by atoms with E-state index in [4.69, 9.17) is 5.73 Å². The summed E-state index contributed by atoms with van der Waals surface area (Å²) in [5.74, 6) is -7.72. The predicted octanol–water partition coefficient (Wildman–Crippen LogP) is 2.13. The summed E-state index contributed by atoms with van der Waals surface area (Å²) in [5, 5.41) is 37.3. The minimum atomic E-state index is -0.499. The van der Waals surface area contributed by atoms with Gasteiger partial charge in [-0.3, -0.25) is 62.3 Å². The van der Waals surface area contributed by atoms with E-state index in [0.717, 1.165) is 77.0 Å². The number of hydrogen-bond donors (Lipinski definition) is 13. The lowest BCUT2D eigenvalue weighted by atomic mass is 9.95. The Morgan fingerprint density at radius 3 is 0.619 bits per heavy atom. The third kappa shape index (κ3) is 17.4. The molecule has 11 saturated carbocycles. The Bertz CT molecular complexity index is 2950. The highest BCUT2D eigenvalue weighted by atomic mass is 16.2. The number of carbonyl (C=O) groups excluding carboxylic acids is 13. The van der Waals surface area contributed by atoms with E-state index in [2.05, 4.69) is 63.8 Å². The lowest BCUT2D eigenvalue weighted by molar-refractivity contribution is -0.132. The van der Waals surface area contributed by atoms with Crippen LogP contribution in [0.15, 0.2) is 0 Å². The Hall–Kier alpha value is -6.89. The van der Waals surface area contributed by atoms with Crippen LogP contribution in [-0.4, -0.2) is 150 Å². The Morgan fingerprint density at radius 1 is 0.237 bits per heavy atom. The van der Waals surface area contributed by atoms with E-state index < -0.39 is 95.4 Å². The first-order chi connectivity index (χ1) is 46.8. The van der Waals surface area contributed by atoms with Crippen LogP contribution >= 0.6 is 0 Å². The van der Waals surface area contributed by atoms with Crippen molar-refractivity contribution in [2.24, 2.45) is 70.8 Å². The number of rotatable bonds is 25. The van der Waals surface area contributed by atoms with Gasteiger partial charge in [0.1, 0.15) is 0 Å². The number of carbonyl (C=O) groups is 13. The van der Waals surface area contributed by atoms with E-state index >= 15 is 0 Å². The highest BCUT2D eigenvalue weighted by Crippen LogP contribution is 2.38. The van der Waals surface area contributed by atoms with Gasteiger partial charge in [-0.15, -0.1) is 0 Å². The molecule has 11 fully saturated rings. The molecule has 0 saturated heterocycles. The summed E-state index contributed by atoms with van der Waals surface area (Å²) in [7, 11) is 0. The summed E-state index contributed by atoms with van der Waals surface area (Å²) >= 11 is 0. The maximum absolute atomic E-state index is 14.2. The van der Waals surface area contributed by atoms with E-state index in [9.17, 15) is 62.3 Å². The average molecular weight is 1350 g/mol. The standard InChI is InChI=1S/C71H109N13O13/c1-37(85)74-50-25-4-15-40(50)63(89)77-52-27-3-14-39(52)62(88)73-36-35-60(86)75-51-26-5-16-41(51)64(90)78-54-29-7-18-43(54)66(92)80-56-31-9-20-45(56)68(94)82-58-33-11-22-47(58)70(96)84-59-34-12-23-48(59)71(97)83-57-32-10-21-46(57)69(95)81-55-30-8-19-44(55)67(93)79-53-28-6-17-42(53)65(91)76-49-24-2-13-38(49)61(72)87/h38-59H,2-36H2,1H3,(H2,72,87)(H,73,88)(H,74,85)(H,75,86)(H,76,91)(H,77,89)(H,78,90)(H,79,93)(H,80,92)(H,81,95)(H,82,94)(H,83,97)(H,84,96)/t38-,39-,40-,41-,42-,43-,44-,45-,46-,47-,48-,49-,50-,51-,52-,53-,54-,55-,56-,57-,58-,59-/m0/s1. The van der Waals surface area contributed by atoms with Crippen LogP contribution in [0.1, 0.15) is 225 Å². The summed E-state index contributed by atoms with van der Waals surface area (Å²) < 4.78 is 0. The molecule has 26 heteroatoms. The maximum atomic E-state index is 14.2. The topological polar surface area (TPSA) is 392 Å². The van der Waals surface area contributed by atoms with Gasteiger partial charge in [0.05, 0.1) is 65.1 Å². The molecule has 11 aliphatic rings. The fraction of sp³-hybridized carbons (Fsp3) is 0.817. The predicted molar refractivity (Wildman–Crippen MR) is 354 cm³/mol. The largest absolute Gasteiger partial charge is 0.369 e. The zero-order valence-corrected chi connectivity index (χ0v) is 56.8. The Labute approximate surface area is 569 Å². The molecule has 0 radical (unpaired) electrons. The van der Waals surface area contributed by atoms with Gasteiger partial charge in [0.2, 0.25) is 76.8 Å². The third-order valence-corrected chi connectivity index (χ3v) is 24.7. The van der Waals surface area contributed by atoms with Gasteiger partial charge in [0, 0.05) is 86.3 Å². The SMILES string of the molecule is CC(=O)N[C@H]1CCC[C@@H]1C(=O)N[C@H]1CCC[C@@H]1C(=O)NCCC(=O)N[C@H]1CCC[C@@H]1C(=O)N[C@H]1CCC[C@@H]1C(=O)N[C@H]1CCC[C@@H]1C(=O)N[C@H]1CCC[C@@H]1C(=O)N[C@H]1CCC[C@@H]1C(=O)N[C@H]1CCC[C@@H]1C(=O)N[C@H]1CCC[C@@H]1C(=O)N[C@H]1CCC[C@@H]1C(=O)N[C@H]1CCC[C@@H]1C(N)=O. The first-order valence-corrected chi connectivity index (χ1v) is 37.6. The Balaban J connectivity index is 0.590. The molecule has 26 nitrogen and oxygen atoms in total. The van der Waals surface area contributed by atoms with Crippen LogP contribution in [-0.2, 0) is 62.3 Å². The molecule has 11 aliphatic carbocycles. The molecule has 13 amide bonds. The fourth-order valence-corrected chi connectivity index (χ4v) is 19.5. The zero-order chi connectivity index (χ0) is 68.4. The van der Waals surface area contributed by atoms with Crippen molar-refractivity contribution in [3.8, 4) is 0 Å². The number of hydrogen-bond acceptors (Lipinski definition) is 13. The zero-order valence-electron chi connectivity index (χ0n) is 56.8. The fourth-order valence-electron chi connectivity index (χ4n) is 19.5. The molecule has 0 heterocycles. The smallest absolute Gasteiger partial charge is 0.225 e. The summed E-state index contributed by atoms with van der Waals surface area (Å²) in [6, 6.07) is -4.01. The van der Waals surface area contributed by atoms with Crippen molar-refractivity contribution < 1.29 is 62.3 Å². The lowest BCUT2D eigenvalue weighted by Crippen LogP contribution is -2.54. The number of nitrogens with one attached hydrogen (secondary N) is 12. The number of primary amides is 1. The molecule has 0 aromatic heterocycles. The average Bonchev–Trinajstić information content (AvgIpc) is 1.73. The highest BCUT2D eigenvalue weighted by molar-refractivity contribution is 5.90. The minimum Gasteiger partial charge on any atom is -0.369 e. The van der Waals surface area contributed by atoms with E-state index in [1.165, 1.54) is 6.92 Å². The normalized spacial score (nSPS) is 36.6. The molecule has 14 N–H and O–H groups in total. The summed E-state index contributed by atoms with van der Waals surface area (Å²) in [5.41, 5.74) is 5.61. The second kappa shape index (κ2) is 32.9. The van der Waals surface area contributed by atoms with Crippen molar-refractivity contribution in [3.63, 3.8) is 0 Å². The molecule has 0 aromatic carbocycles. The quantitative estimate of drug-likeness (QED) is 0.0624. The van der Waals surface area contributed by atoms with Crippen molar-refractivity contribution >= 4 is 76.8 Å². The van der Waals surface area contributed by atoms with Gasteiger partial charge in [-0.2, -0.15) is 0 Å². The van der Waals surface area contributed by atoms with Crippen molar-refractivity contribution in [1.29, 1.82) is 0 Å². The van der Waals surface area contributed by atoms with Crippen LogP contribution in [0.25, 0.3) is 0 Å². The maximum Gasteiger partial charge on any atom is 0.225 e. The molecular weight excluding hydrogens is 1240 g/mol. The number of amides is 13. The number of nitrogens with two attached hydrogens (primary N) is 1. The van der Waals surface area contributed by atoms with Crippen LogP contribution < -0.4 is 69.5 Å². The third-order valence-electron chi connectivity index (χ3n) is 24.7. The van der Waals surface area contributed by atoms with Gasteiger partial charge in [0.25, 0.3) is 0 Å². The van der Waals surface area contributed by atoms with E-state index in [1.54, 1.807) is 0 Å². The van der Waals surface area contributed by atoms with Gasteiger partial charge < -0.3 is 69.5 Å². The van der Waals surface area contributed by atoms with Gasteiger partial charge in [-0.1, -0.05) is 70.6 Å². The first-order valence-electron chi connectivity index (χ1n) is 37.6. The second-order valence-corrected chi connectivity index (χ2v) is 30.9. The second-order valence-electron chi connectivity index (χ2n) is 30.9. The highest BCUT2D eigenvalue weighted by Gasteiger charge is 2.48. The molecule has 0 bridgehead atoms. The van der Waals surface area contributed by atoms with E-state index in [0.29, 0.717) is 135 Å². The van der Waals surface area contributed by atoms with Crippen molar-refractivity contribution in [2.45, 2.75) is 292 Å². The van der Waals surface area contributed by atoms with E-state index in [-0.39, 0.29) is 126 Å². The van der Waals surface area contributed by atoms with Gasteiger partial charge >= 0.3 is 0 Å². The molecule has 0 spiro atoms. The molecule has 0 aromatic rings. The molecule has 0 aliphatic heterocycles.